The molecule has 0 bridgehead atoms. The number of pyridine rings is 1. The molecular weight excluding hydrogens is 280 g/mol. The highest BCUT2D eigenvalue weighted by molar-refractivity contribution is 7.89. The summed E-state index contributed by atoms with van der Waals surface area (Å²) in [6.45, 7) is 2.02. The number of anilines is 1. The predicted molar refractivity (Wildman–Crippen MR) is 74.0 cm³/mol. The van der Waals surface area contributed by atoms with Gasteiger partial charge in [-0.1, -0.05) is 0 Å². The fraction of sp³-hybridized carbons (Fsp3) is 0.273. The number of nitrogens with zero attached hydrogens (tertiary/aromatic N) is 3. The average Bonchev–Trinajstić information content (AvgIpc) is 2.76. The summed E-state index contributed by atoms with van der Waals surface area (Å²) in [6.07, 6.45) is 4.33. The van der Waals surface area contributed by atoms with Gasteiger partial charge in [-0.15, -0.1) is 0 Å². The maximum absolute atomic E-state index is 12.2. The minimum Gasteiger partial charge on any atom is -0.323 e. The molecule has 20 heavy (non-hydrogen) atoms. The van der Waals surface area contributed by atoms with Crippen molar-refractivity contribution in [2.24, 2.45) is 12.9 Å². The lowest BCUT2D eigenvalue weighted by Gasteiger charge is -2.10. The molecule has 0 aromatic carbocycles. The van der Waals surface area contributed by atoms with Crippen molar-refractivity contribution in [3.63, 3.8) is 0 Å². The van der Waals surface area contributed by atoms with E-state index in [1.165, 1.54) is 18.5 Å². The molecule has 0 aliphatic heterocycles. The van der Waals surface area contributed by atoms with Crippen LogP contribution < -0.4 is 16.0 Å². The van der Waals surface area contributed by atoms with Gasteiger partial charge in [0.15, 0.2) is 0 Å². The van der Waals surface area contributed by atoms with E-state index in [1.54, 1.807) is 17.9 Å². The molecule has 0 aliphatic carbocycles. The number of aryl methyl sites for hydroxylation is 1. The SMILES string of the molecule is Cc1c(CNS(=O)(=O)c2cnccc2NN)cnn1C. The Hall–Kier alpha value is -1.97. The van der Waals surface area contributed by atoms with Gasteiger partial charge in [-0.25, -0.2) is 13.1 Å². The zero-order valence-electron chi connectivity index (χ0n) is 11.2. The van der Waals surface area contributed by atoms with Crippen molar-refractivity contribution in [1.29, 1.82) is 0 Å². The summed E-state index contributed by atoms with van der Waals surface area (Å²) in [4.78, 5) is 3.81. The van der Waals surface area contributed by atoms with Gasteiger partial charge in [-0.2, -0.15) is 5.10 Å². The predicted octanol–water partition coefficient (Wildman–Crippen LogP) is -0.112. The third-order valence-electron chi connectivity index (χ3n) is 3.02. The lowest BCUT2D eigenvalue weighted by molar-refractivity contribution is 0.581. The third-order valence-corrected chi connectivity index (χ3v) is 4.45. The fourth-order valence-corrected chi connectivity index (χ4v) is 2.80. The zero-order valence-corrected chi connectivity index (χ0v) is 12.0. The minimum absolute atomic E-state index is 0.00374. The average molecular weight is 296 g/mol. The number of nitrogens with two attached hydrogens (primary N) is 1. The first-order chi connectivity index (χ1) is 9.45. The van der Waals surface area contributed by atoms with Crippen LogP contribution in [0, 0.1) is 6.92 Å². The first-order valence-electron chi connectivity index (χ1n) is 5.83. The Balaban J connectivity index is 2.22. The van der Waals surface area contributed by atoms with E-state index < -0.39 is 10.0 Å². The Kier molecular flexibility index (Phi) is 4.02. The standard InChI is InChI=1S/C11H16N6O2S/c1-8-9(5-14-17(8)2)6-15-20(18,19)11-7-13-4-3-10(11)16-12/h3-5,7,15H,6,12H2,1-2H3,(H,13,16). The van der Waals surface area contributed by atoms with Crippen LogP contribution in [0.15, 0.2) is 29.6 Å². The van der Waals surface area contributed by atoms with Crippen LogP contribution in [0.25, 0.3) is 0 Å². The first kappa shape index (κ1) is 14.4. The van der Waals surface area contributed by atoms with E-state index in [1.807, 2.05) is 6.92 Å². The molecule has 0 amide bonds. The van der Waals surface area contributed by atoms with Gasteiger partial charge in [0, 0.05) is 37.2 Å². The van der Waals surface area contributed by atoms with Crippen molar-refractivity contribution in [1.82, 2.24) is 19.5 Å². The summed E-state index contributed by atoms with van der Waals surface area (Å²) in [5.74, 6) is 5.30. The summed E-state index contributed by atoms with van der Waals surface area (Å²) in [6, 6.07) is 1.49. The number of hydrogen-bond donors (Lipinski definition) is 3. The van der Waals surface area contributed by atoms with Crippen molar-refractivity contribution >= 4 is 15.7 Å². The van der Waals surface area contributed by atoms with Crippen LogP contribution in [0.2, 0.25) is 0 Å². The van der Waals surface area contributed by atoms with Gasteiger partial charge in [0.05, 0.1) is 11.9 Å². The smallest absolute Gasteiger partial charge is 0.244 e. The Morgan fingerprint density at radius 1 is 1.40 bits per heavy atom. The summed E-state index contributed by atoms with van der Waals surface area (Å²) in [7, 11) is -1.90. The molecule has 4 N–H and O–H groups in total. The summed E-state index contributed by atoms with van der Waals surface area (Å²) in [5.41, 5.74) is 4.33. The molecule has 0 unspecified atom stereocenters. The second-order valence-electron chi connectivity index (χ2n) is 4.22. The second-order valence-corrected chi connectivity index (χ2v) is 5.95. The lowest BCUT2D eigenvalue weighted by Crippen LogP contribution is -2.25. The summed E-state index contributed by atoms with van der Waals surface area (Å²) < 4.78 is 28.6. The number of sulfonamides is 1. The highest BCUT2D eigenvalue weighted by Gasteiger charge is 2.19. The topological polar surface area (TPSA) is 115 Å². The van der Waals surface area contributed by atoms with E-state index in [-0.39, 0.29) is 17.1 Å². The van der Waals surface area contributed by atoms with Crippen LogP contribution in [-0.2, 0) is 23.6 Å². The van der Waals surface area contributed by atoms with E-state index in [4.69, 9.17) is 5.84 Å². The normalized spacial score (nSPS) is 11.6. The minimum atomic E-state index is -3.70. The third kappa shape index (κ3) is 2.79. The Morgan fingerprint density at radius 3 is 2.75 bits per heavy atom. The monoisotopic (exact) mass is 296 g/mol. The van der Waals surface area contributed by atoms with Gasteiger partial charge >= 0.3 is 0 Å². The molecule has 2 aromatic rings. The number of aromatic nitrogens is 3. The summed E-state index contributed by atoms with van der Waals surface area (Å²) in [5, 5.41) is 4.06. The molecular formula is C11H16N6O2S. The quantitative estimate of drug-likeness (QED) is 0.524. The molecule has 0 saturated heterocycles. The first-order valence-corrected chi connectivity index (χ1v) is 7.32. The van der Waals surface area contributed by atoms with E-state index >= 15 is 0 Å². The van der Waals surface area contributed by atoms with Crippen LogP contribution in [0.3, 0.4) is 0 Å². The van der Waals surface area contributed by atoms with E-state index in [0.29, 0.717) is 0 Å². The number of hydrazine groups is 1. The van der Waals surface area contributed by atoms with Crippen molar-refractivity contribution in [3.8, 4) is 0 Å². The van der Waals surface area contributed by atoms with Gasteiger partial charge in [0.2, 0.25) is 10.0 Å². The van der Waals surface area contributed by atoms with E-state index in [9.17, 15) is 8.42 Å². The van der Waals surface area contributed by atoms with Crippen molar-refractivity contribution < 1.29 is 8.42 Å². The molecule has 0 fully saturated rings. The Labute approximate surface area is 117 Å². The highest BCUT2D eigenvalue weighted by atomic mass is 32.2. The van der Waals surface area contributed by atoms with Crippen molar-refractivity contribution in [2.45, 2.75) is 18.4 Å². The molecule has 2 rings (SSSR count). The maximum atomic E-state index is 12.2. The number of rotatable bonds is 5. The highest BCUT2D eigenvalue weighted by Crippen LogP contribution is 2.18. The van der Waals surface area contributed by atoms with Gasteiger partial charge in [-0.3, -0.25) is 15.5 Å². The molecule has 0 saturated carbocycles. The van der Waals surface area contributed by atoms with Crippen LogP contribution in [0.5, 0.6) is 0 Å². The molecule has 8 nitrogen and oxygen atoms in total. The molecule has 0 atom stereocenters. The number of nitrogens with one attached hydrogen (secondary N) is 2. The second kappa shape index (κ2) is 5.57. The number of hydrogen-bond acceptors (Lipinski definition) is 6. The van der Waals surface area contributed by atoms with Gasteiger partial charge in [-0.05, 0) is 13.0 Å². The van der Waals surface area contributed by atoms with Crippen molar-refractivity contribution in [3.05, 3.63) is 35.9 Å². The van der Waals surface area contributed by atoms with Crippen molar-refractivity contribution in [2.75, 3.05) is 5.43 Å². The van der Waals surface area contributed by atoms with Gasteiger partial charge in [0.1, 0.15) is 4.90 Å². The lowest BCUT2D eigenvalue weighted by atomic mass is 10.3. The molecule has 0 spiro atoms. The largest absolute Gasteiger partial charge is 0.323 e. The number of nitrogen functional groups attached to an aromatic ring is 1. The van der Waals surface area contributed by atoms with Gasteiger partial charge in [0.25, 0.3) is 0 Å². The zero-order chi connectivity index (χ0) is 14.8. The van der Waals surface area contributed by atoms with Crippen LogP contribution in [0.1, 0.15) is 11.3 Å². The van der Waals surface area contributed by atoms with Crippen LogP contribution in [-0.4, -0.2) is 23.2 Å². The van der Waals surface area contributed by atoms with E-state index in [0.717, 1.165) is 11.3 Å². The Morgan fingerprint density at radius 2 is 2.15 bits per heavy atom. The molecule has 0 radical (unpaired) electrons. The molecule has 9 heteroatoms. The Bertz CT molecular complexity index is 709. The molecule has 2 aromatic heterocycles. The van der Waals surface area contributed by atoms with Crippen LogP contribution >= 0.6 is 0 Å². The molecule has 108 valence electrons. The molecule has 2 heterocycles. The van der Waals surface area contributed by atoms with E-state index in [2.05, 4.69) is 20.2 Å². The summed E-state index contributed by atoms with van der Waals surface area (Å²) >= 11 is 0. The van der Waals surface area contributed by atoms with Gasteiger partial charge < -0.3 is 5.43 Å². The fourth-order valence-electron chi connectivity index (χ4n) is 1.68. The van der Waals surface area contributed by atoms with Crippen LogP contribution in [0.4, 0.5) is 5.69 Å². The molecule has 0 aliphatic rings. The maximum Gasteiger partial charge on any atom is 0.244 e.